The number of amides is 1. The highest BCUT2D eigenvalue weighted by atomic mass is 19.1. The second-order valence-corrected chi connectivity index (χ2v) is 5.74. The first-order chi connectivity index (χ1) is 12.0. The van der Waals surface area contributed by atoms with Gasteiger partial charge in [0.15, 0.2) is 0 Å². The maximum atomic E-state index is 12.9. The van der Waals surface area contributed by atoms with Crippen molar-refractivity contribution in [3.05, 3.63) is 59.9 Å². The molecule has 1 atom stereocenters. The van der Waals surface area contributed by atoms with Gasteiger partial charge in [0.05, 0.1) is 12.2 Å². The average molecular weight is 344 g/mol. The SMILES string of the molecule is O=C(O)C1(CNCCc2ccc(F)cc2)Oc2ccccc2NC1=O. The van der Waals surface area contributed by atoms with Gasteiger partial charge in [0.1, 0.15) is 11.6 Å². The molecular weight excluding hydrogens is 327 g/mol. The predicted octanol–water partition coefficient (Wildman–Crippen LogP) is 1.81. The number of fused-ring (bicyclic) bond motifs is 1. The molecule has 0 radical (unpaired) electrons. The Labute approximate surface area is 143 Å². The lowest BCUT2D eigenvalue weighted by molar-refractivity contribution is -0.161. The summed E-state index contributed by atoms with van der Waals surface area (Å²) in [6.45, 7) is 0.225. The minimum atomic E-state index is -2.03. The molecular formula is C18H17FN2O4. The normalized spacial score (nSPS) is 18.8. The van der Waals surface area contributed by atoms with E-state index in [1.165, 1.54) is 12.1 Å². The number of para-hydroxylation sites is 2. The van der Waals surface area contributed by atoms with Crippen LogP contribution in [0.15, 0.2) is 48.5 Å². The van der Waals surface area contributed by atoms with Gasteiger partial charge in [-0.1, -0.05) is 24.3 Å². The molecule has 0 spiro atoms. The second kappa shape index (κ2) is 6.90. The molecule has 3 N–H and O–H groups in total. The van der Waals surface area contributed by atoms with Crippen LogP contribution in [-0.4, -0.2) is 35.7 Å². The van der Waals surface area contributed by atoms with Gasteiger partial charge in [0.25, 0.3) is 11.5 Å². The highest BCUT2D eigenvalue weighted by Crippen LogP contribution is 2.33. The average Bonchev–Trinajstić information content (AvgIpc) is 2.60. The predicted molar refractivity (Wildman–Crippen MR) is 89.0 cm³/mol. The van der Waals surface area contributed by atoms with Gasteiger partial charge in [-0.25, -0.2) is 9.18 Å². The summed E-state index contributed by atoms with van der Waals surface area (Å²) in [6, 6.07) is 12.7. The third-order valence-corrected chi connectivity index (χ3v) is 4.01. The van der Waals surface area contributed by atoms with Crippen molar-refractivity contribution in [2.24, 2.45) is 0 Å². The van der Waals surface area contributed by atoms with Crippen LogP contribution in [0.25, 0.3) is 0 Å². The van der Waals surface area contributed by atoms with Crippen LogP contribution in [0.1, 0.15) is 5.56 Å². The molecule has 25 heavy (non-hydrogen) atoms. The van der Waals surface area contributed by atoms with E-state index in [0.29, 0.717) is 24.4 Å². The molecule has 6 nitrogen and oxygen atoms in total. The number of aliphatic carboxylic acids is 1. The van der Waals surface area contributed by atoms with Crippen LogP contribution in [0, 0.1) is 5.82 Å². The number of ether oxygens (including phenoxy) is 1. The number of nitrogens with one attached hydrogen (secondary N) is 2. The fourth-order valence-corrected chi connectivity index (χ4v) is 2.60. The van der Waals surface area contributed by atoms with Crippen LogP contribution in [0.3, 0.4) is 0 Å². The fourth-order valence-electron chi connectivity index (χ4n) is 2.60. The molecule has 0 saturated carbocycles. The first kappa shape index (κ1) is 16.9. The van der Waals surface area contributed by atoms with Gasteiger partial charge in [-0.15, -0.1) is 0 Å². The molecule has 1 aliphatic heterocycles. The minimum Gasteiger partial charge on any atom is -0.478 e. The summed E-state index contributed by atoms with van der Waals surface area (Å²) in [5, 5.41) is 15.1. The second-order valence-electron chi connectivity index (χ2n) is 5.74. The van der Waals surface area contributed by atoms with Gasteiger partial charge in [-0.3, -0.25) is 4.79 Å². The number of halogens is 1. The van der Waals surface area contributed by atoms with Crippen molar-refractivity contribution < 1.29 is 23.8 Å². The Balaban J connectivity index is 1.66. The first-order valence-corrected chi connectivity index (χ1v) is 7.79. The number of carbonyl (C=O) groups is 2. The number of anilines is 1. The maximum absolute atomic E-state index is 12.9. The van der Waals surface area contributed by atoms with Gasteiger partial charge in [0, 0.05) is 0 Å². The van der Waals surface area contributed by atoms with Crippen molar-refractivity contribution in [3.63, 3.8) is 0 Å². The van der Waals surface area contributed by atoms with Gasteiger partial charge in [-0.2, -0.15) is 0 Å². The summed E-state index contributed by atoms with van der Waals surface area (Å²) in [6.07, 6.45) is 0.564. The van der Waals surface area contributed by atoms with Gasteiger partial charge < -0.3 is 20.5 Å². The molecule has 1 amide bonds. The topological polar surface area (TPSA) is 87.7 Å². The van der Waals surface area contributed by atoms with Crippen molar-refractivity contribution in [2.45, 2.75) is 12.0 Å². The number of hydrogen-bond donors (Lipinski definition) is 3. The zero-order chi connectivity index (χ0) is 17.9. The van der Waals surface area contributed by atoms with E-state index in [9.17, 15) is 19.1 Å². The van der Waals surface area contributed by atoms with E-state index in [4.69, 9.17) is 4.74 Å². The zero-order valence-electron chi connectivity index (χ0n) is 13.3. The third kappa shape index (κ3) is 3.46. The Morgan fingerprint density at radius 2 is 1.92 bits per heavy atom. The summed E-state index contributed by atoms with van der Waals surface area (Å²) in [5.74, 6) is -2.10. The number of carboxylic acids is 1. The Kier molecular flexibility index (Phi) is 4.67. The van der Waals surface area contributed by atoms with Gasteiger partial charge in [-0.05, 0) is 42.8 Å². The van der Waals surface area contributed by atoms with Crippen molar-refractivity contribution in [1.29, 1.82) is 0 Å². The summed E-state index contributed by atoms with van der Waals surface area (Å²) < 4.78 is 18.4. The first-order valence-electron chi connectivity index (χ1n) is 7.79. The largest absolute Gasteiger partial charge is 0.478 e. The standard InChI is InChI=1S/C18H17FN2O4/c19-13-7-5-12(6-8-13)9-10-20-11-18(17(23)24)16(22)21-14-3-1-2-4-15(14)25-18/h1-8,20H,9-11H2,(H,21,22)(H,23,24). The number of carbonyl (C=O) groups excluding carboxylic acids is 1. The minimum absolute atomic E-state index is 0.191. The van der Waals surface area contributed by atoms with Crippen LogP contribution in [0.5, 0.6) is 5.75 Å². The lowest BCUT2D eigenvalue weighted by Gasteiger charge is -2.34. The maximum Gasteiger partial charge on any atom is 0.359 e. The third-order valence-electron chi connectivity index (χ3n) is 4.01. The lowest BCUT2D eigenvalue weighted by Crippen LogP contribution is -2.62. The van der Waals surface area contributed by atoms with Crippen LogP contribution in [-0.2, 0) is 16.0 Å². The molecule has 0 aliphatic carbocycles. The summed E-state index contributed by atoms with van der Waals surface area (Å²) in [7, 11) is 0. The van der Waals surface area contributed by atoms with Crippen LogP contribution in [0.4, 0.5) is 10.1 Å². The molecule has 0 bridgehead atoms. The van der Waals surface area contributed by atoms with Crippen molar-refractivity contribution >= 4 is 17.6 Å². The number of carboxylic acid groups (broad SMARTS) is 1. The van der Waals surface area contributed by atoms with E-state index < -0.39 is 17.5 Å². The Hall–Kier alpha value is -2.93. The molecule has 2 aromatic carbocycles. The van der Waals surface area contributed by atoms with Gasteiger partial charge >= 0.3 is 5.97 Å². The molecule has 7 heteroatoms. The molecule has 0 fully saturated rings. The molecule has 1 unspecified atom stereocenters. The van der Waals surface area contributed by atoms with Crippen LogP contribution >= 0.6 is 0 Å². The quantitative estimate of drug-likeness (QED) is 0.549. The van der Waals surface area contributed by atoms with E-state index >= 15 is 0 Å². The molecule has 3 rings (SSSR count). The van der Waals surface area contributed by atoms with Crippen molar-refractivity contribution in [2.75, 3.05) is 18.4 Å². The van der Waals surface area contributed by atoms with E-state index in [1.807, 2.05) is 0 Å². The van der Waals surface area contributed by atoms with Crippen molar-refractivity contribution in [3.8, 4) is 5.75 Å². The van der Waals surface area contributed by atoms with E-state index in [1.54, 1.807) is 36.4 Å². The smallest absolute Gasteiger partial charge is 0.359 e. The lowest BCUT2D eigenvalue weighted by atomic mass is 10.00. The Morgan fingerprint density at radius 3 is 2.64 bits per heavy atom. The Bertz CT molecular complexity index is 794. The van der Waals surface area contributed by atoms with Crippen molar-refractivity contribution in [1.82, 2.24) is 5.32 Å². The van der Waals surface area contributed by atoms with Crippen LogP contribution in [0.2, 0.25) is 0 Å². The summed E-state index contributed by atoms with van der Waals surface area (Å²) in [4.78, 5) is 24.1. The summed E-state index contributed by atoms with van der Waals surface area (Å²) >= 11 is 0. The molecule has 0 aromatic heterocycles. The molecule has 2 aromatic rings. The highest BCUT2D eigenvalue weighted by molar-refractivity contribution is 6.14. The highest BCUT2D eigenvalue weighted by Gasteiger charge is 2.51. The van der Waals surface area contributed by atoms with Crippen LogP contribution < -0.4 is 15.4 Å². The van der Waals surface area contributed by atoms with E-state index in [2.05, 4.69) is 10.6 Å². The fraction of sp³-hybridized carbons (Fsp3) is 0.222. The zero-order valence-corrected chi connectivity index (χ0v) is 13.3. The van der Waals surface area contributed by atoms with Gasteiger partial charge in [0.2, 0.25) is 0 Å². The molecule has 1 aliphatic rings. The molecule has 1 heterocycles. The molecule has 130 valence electrons. The monoisotopic (exact) mass is 344 g/mol. The molecule has 0 saturated heterocycles. The number of rotatable bonds is 6. The number of hydrogen-bond acceptors (Lipinski definition) is 4. The van der Waals surface area contributed by atoms with E-state index in [0.717, 1.165) is 5.56 Å². The van der Waals surface area contributed by atoms with E-state index in [-0.39, 0.29) is 12.4 Å². The Morgan fingerprint density at radius 1 is 1.20 bits per heavy atom. The summed E-state index contributed by atoms with van der Waals surface area (Å²) in [5.41, 5.74) is -0.690. The number of benzene rings is 2.